The third-order valence-electron chi connectivity index (χ3n) is 3.35. The van der Waals surface area contributed by atoms with Crippen molar-refractivity contribution in [3.8, 4) is 0 Å². The summed E-state index contributed by atoms with van der Waals surface area (Å²) in [6, 6.07) is 5.63. The number of likely N-dealkylation sites (N-methyl/N-ethyl adjacent to an activating group) is 1. The summed E-state index contributed by atoms with van der Waals surface area (Å²) in [5, 5.41) is 5.64. The lowest BCUT2D eigenvalue weighted by Crippen LogP contribution is -2.58. The van der Waals surface area contributed by atoms with Gasteiger partial charge < -0.3 is 10.2 Å². The highest BCUT2D eigenvalue weighted by molar-refractivity contribution is 5.98. The van der Waals surface area contributed by atoms with Crippen LogP contribution in [0.15, 0.2) is 18.2 Å². The minimum absolute atomic E-state index is 0.0352. The molecule has 1 atom stereocenters. The number of carbonyl (C=O) groups is 2. The highest BCUT2D eigenvalue weighted by atomic mass is 16.2. The third kappa shape index (κ3) is 2.93. The molecule has 2 amide bonds. The Hall–Kier alpha value is -1.88. The minimum Gasteiger partial charge on any atom is -0.353 e. The zero-order chi connectivity index (χ0) is 14.0. The van der Waals surface area contributed by atoms with Gasteiger partial charge in [0, 0.05) is 19.3 Å². The summed E-state index contributed by atoms with van der Waals surface area (Å²) in [6.07, 6.45) is 0. The molecular weight excluding hydrogens is 242 g/mol. The summed E-state index contributed by atoms with van der Waals surface area (Å²) in [5.41, 5.74) is 3.13. The molecule has 19 heavy (non-hydrogen) atoms. The molecule has 1 saturated heterocycles. The number of hydrogen-bond donors (Lipinski definition) is 2. The lowest BCUT2D eigenvalue weighted by atomic mass is 10.1. The SMILES string of the molecule is Cc1ccc(N(C)C(=O)C2CNC(=O)CN2)c(C)c1. The molecule has 1 unspecified atom stereocenters. The normalized spacial score (nSPS) is 18.9. The van der Waals surface area contributed by atoms with Crippen molar-refractivity contribution in [3.63, 3.8) is 0 Å². The Morgan fingerprint density at radius 2 is 2.11 bits per heavy atom. The highest BCUT2D eigenvalue weighted by Crippen LogP contribution is 2.20. The standard InChI is InChI=1S/C14H19N3O2/c1-9-4-5-12(10(2)6-9)17(3)14(19)11-7-16-13(18)8-15-11/h4-6,11,15H,7-8H2,1-3H3,(H,16,18). The maximum atomic E-state index is 12.4. The molecule has 1 aliphatic heterocycles. The Morgan fingerprint density at radius 1 is 1.37 bits per heavy atom. The molecule has 0 bridgehead atoms. The van der Waals surface area contributed by atoms with Crippen molar-refractivity contribution in [1.82, 2.24) is 10.6 Å². The molecule has 0 aromatic heterocycles. The number of hydrogen-bond acceptors (Lipinski definition) is 3. The summed E-state index contributed by atoms with van der Waals surface area (Å²) < 4.78 is 0. The van der Waals surface area contributed by atoms with E-state index in [1.807, 2.05) is 26.0 Å². The van der Waals surface area contributed by atoms with Crippen LogP contribution in [0.25, 0.3) is 0 Å². The van der Waals surface area contributed by atoms with E-state index in [2.05, 4.69) is 16.7 Å². The molecule has 2 rings (SSSR count). The van der Waals surface area contributed by atoms with E-state index < -0.39 is 0 Å². The van der Waals surface area contributed by atoms with E-state index >= 15 is 0 Å². The van der Waals surface area contributed by atoms with Gasteiger partial charge >= 0.3 is 0 Å². The molecule has 1 aromatic carbocycles. The Kier molecular flexibility index (Phi) is 3.85. The Morgan fingerprint density at radius 3 is 2.68 bits per heavy atom. The number of aryl methyl sites for hydroxylation is 2. The summed E-state index contributed by atoms with van der Waals surface area (Å²) in [5.74, 6) is -0.106. The van der Waals surface area contributed by atoms with E-state index in [1.54, 1.807) is 11.9 Å². The van der Waals surface area contributed by atoms with Crippen LogP contribution in [0, 0.1) is 13.8 Å². The van der Waals surface area contributed by atoms with Crippen molar-refractivity contribution < 1.29 is 9.59 Å². The molecule has 0 spiro atoms. The molecule has 0 aliphatic carbocycles. The van der Waals surface area contributed by atoms with Gasteiger partial charge in [0.15, 0.2) is 0 Å². The first-order valence-corrected chi connectivity index (χ1v) is 6.34. The first kappa shape index (κ1) is 13.5. The first-order chi connectivity index (χ1) is 8.99. The lowest BCUT2D eigenvalue weighted by Gasteiger charge is -2.28. The lowest BCUT2D eigenvalue weighted by molar-refractivity contribution is -0.125. The predicted octanol–water partition coefficient (Wildman–Crippen LogP) is 0.354. The zero-order valence-electron chi connectivity index (χ0n) is 11.5. The van der Waals surface area contributed by atoms with Crippen LogP contribution < -0.4 is 15.5 Å². The zero-order valence-corrected chi connectivity index (χ0v) is 11.5. The van der Waals surface area contributed by atoms with Crippen LogP contribution in [-0.2, 0) is 9.59 Å². The fourth-order valence-corrected chi connectivity index (χ4v) is 2.28. The smallest absolute Gasteiger partial charge is 0.245 e. The summed E-state index contributed by atoms with van der Waals surface area (Å²) in [6.45, 7) is 4.54. The van der Waals surface area contributed by atoms with Crippen LogP contribution in [0.3, 0.4) is 0 Å². The fraction of sp³-hybridized carbons (Fsp3) is 0.429. The second-order valence-corrected chi connectivity index (χ2v) is 4.92. The molecule has 0 saturated carbocycles. The molecule has 5 nitrogen and oxygen atoms in total. The molecule has 1 aromatic rings. The van der Waals surface area contributed by atoms with Gasteiger partial charge in [-0.05, 0) is 25.5 Å². The van der Waals surface area contributed by atoms with E-state index in [1.165, 1.54) is 5.56 Å². The van der Waals surface area contributed by atoms with Gasteiger partial charge in [-0.25, -0.2) is 0 Å². The number of piperazine rings is 1. The quantitative estimate of drug-likeness (QED) is 0.808. The molecule has 1 heterocycles. The Bertz CT molecular complexity index is 503. The van der Waals surface area contributed by atoms with Crippen molar-refractivity contribution in [2.45, 2.75) is 19.9 Å². The van der Waals surface area contributed by atoms with Gasteiger partial charge in [-0.3, -0.25) is 14.9 Å². The van der Waals surface area contributed by atoms with Crippen molar-refractivity contribution in [2.75, 3.05) is 25.0 Å². The van der Waals surface area contributed by atoms with Gasteiger partial charge in [0.2, 0.25) is 11.8 Å². The van der Waals surface area contributed by atoms with E-state index in [-0.39, 0.29) is 24.4 Å². The molecule has 1 fully saturated rings. The molecule has 2 N–H and O–H groups in total. The van der Waals surface area contributed by atoms with E-state index in [0.717, 1.165) is 11.3 Å². The molecule has 102 valence electrons. The average Bonchev–Trinajstić information content (AvgIpc) is 2.38. The summed E-state index contributed by atoms with van der Waals surface area (Å²) >= 11 is 0. The Balaban J connectivity index is 2.12. The number of amides is 2. The van der Waals surface area contributed by atoms with Crippen LogP contribution in [0.5, 0.6) is 0 Å². The molecule has 0 radical (unpaired) electrons. The van der Waals surface area contributed by atoms with Gasteiger partial charge in [-0.15, -0.1) is 0 Å². The van der Waals surface area contributed by atoms with Gasteiger partial charge in [-0.1, -0.05) is 17.7 Å². The number of carbonyl (C=O) groups excluding carboxylic acids is 2. The first-order valence-electron chi connectivity index (χ1n) is 6.34. The van der Waals surface area contributed by atoms with Crippen molar-refractivity contribution in [2.24, 2.45) is 0 Å². The number of benzene rings is 1. The van der Waals surface area contributed by atoms with Gasteiger partial charge in [-0.2, -0.15) is 0 Å². The number of anilines is 1. The van der Waals surface area contributed by atoms with E-state index in [9.17, 15) is 9.59 Å². The van der Waals surface area contributed by atoms with Crippen molar-refractivity contribution in [1.29, 1.82) is 0 Å². The topological polar surface area (TPSA) is 61.4 Å². The number of rotatable bonds is 2. The number of nitrogens with zero attached hydrogens (tertiary/aromatic N) is 1. The molecule has 1 aliphatic rings. The average molecular weight is 261 g/mol. The van der Waals surface area contributed by atoms with Gasteiger partial charge in [0.25, 0.3) is 0 Å². The van der Waals surface area contributed by atoms with Crippen LogP contribution in [-0.4, -0.2) is 38.0 Å². The molecular formula is C14H19N3O2. The summed E-state index contributed by atoms with van der Waals surface area (Å²) in [7, 11) is 1.76. The summed E-state index contributed by atoms with van der Waals surface area (Å²) in [4.78, 5) is 25.1. The second kappa shape index (κ2) is 5.40. The predicted molar refractivity (Wildman–Crippen MR) is 74.1 cm³/mol. The fourth-order valence-electron chi connectivity index (χ4n) is 2.28. The van der Waals surface area contributed by atoms with Crippen molar-refractivity contribution >= 4 is 17.5 Å². The second-order valence-electron chi connectivity index (χ2n) is 4.92. The van der Waals surface area contributed by atoms with Gasteiger partial charge in [0.1, 0.15) is 6.04 Å². The number of nitrogens with one attached hydrogen (secondary N) is 2. The Labute approximate surface area is 113 Å². The highest BCUT2D eigenvalue weighted by Gasteiger charge is 2.27. The van der Waals surface area contributed by atoms with Crippen LogP contribution in [0.1, 0.15) is 11.1 Å². The van der Waals surface area contributed by atoms with Crippen LogP contribution in [0.4, 0.5) is 5.69 Å². The minimum atomic E-state index is -0.358. The maximum Gasteiger partial charge on any atom is 0.245 e. The maximum absolute atomic E-state index is 12.4. The van der Waals surface area contributed by atoms with Gasteiger partial charge in [0.05, 0.1) is 6.54 Å². The van der Waals surface area contributed by atoms with Crippen LogP contribution >= 0.6 is 0 Å². The largest absolute Gasteiger partial charge is 0.353 e. The van der Waals surface area contributed by atoms with Crippen LogP contribution in [0.2, 0.25) is 0 Å². The van der Waals surface area contributed by atoms with E-state index in [0.29, 0.717) is 6.54 Å². The third-order valence-corrected chi connectivity index (χ3v) is 3.35. The van der Waals surface area contributed by atoms with Crippen molar-refractivity contribution in [3.05, 3.63) is 29.3 Å². The molecule has 5 heteroatoms. The van der Waals surface area contributed by atoms with E-state index in [4.69, 9.17) is 0 Å². The monoisotopic (exact) mass is 261 g/mol.